The van der Waals surface area contributed by atoms with E-state index in [-0.39, 0.29) is 12.4 Å². The second-order valence-electron chi connectivity index (χ2n) is 2.42. The highest BCUT2D eigenvalue weighted by Gasteiger charge is 2.15. The van der Waals surface area contributed by atoms with Gasteiger partial charge in [-0.1, -0.05) is 0 Å². The van der Waals surface area contributed by atoms with E-state index in [0.717, 1.165) is 11.4 Å². The van der Waals surface area contributed by atoms with Crippen LogP contribution in [0.1, 0.15) is 5.69 Å². The number of pyridine rings is 1. The molecule has 0 atom stereocenters. The summed E-state index contributed by atoms with van der Waals surface area (Å²) in [4.78, 5) is 4.07. The zero-order valence-electron chi connectivity index (χ0n) is 6.83. The summed E-state index contributed by atoms with van der Waals surface area (Å²) in [6.45, 7) is 1.17. The summed E-state index contributed by atoms with van der Waals surface area (Å²) in [6, 6.07) is 1.78. The molecule has 5 heteroatoms. The van der Waals surface area contributed by atoms with Crippen LogP contribution in [0, 0.1) is 0 Å². The molecule has 0 saturated heterocycles. The van der Waals surface area contributed by atoms with Crippen LogP contribution in [0.3, 0.4) is 0 Å². The van der Waals surface area contributed by atoms with E-state index in [4.69, 9.17) is 21.1 Å². The molecule has 0 spiro atoms. The van der Waals surface area contributed by atoms with Gasteiger partial charge in [0.05, 0.1) is 5.88 Å². The van der Waals surface area contributed by atoms with Crippen molar-refractivity contribution in [2.45, 2.75) is 5.88 Å². The molecule has 0 amide bonds. The molecule has 1 aromatic heterocycles. The smallest absolute Gasteiger partial charge is 0.184 e. The lowest BCUT2D eigenvalue weighted by molar-refractivity contribution is 0.169. The SMILES string of the molecule is Cl.ClCc1nccc2c1OCCO2. The maximum atomic E-state index is 5.67. The van der Waals surface area contributed by atoms with Gasteiger partial charge in [-0.25, -0.2) is 0 Å². The molecule has 0 aliphatic carbocycles. The zero-order chi connectivity index (χ0) is 8.39. The number of rotatable bonds is 1. The topological polar surface area (TPSA) is 31.4 Å². The lowest BCUT2D eigenvalue weighted by Crippen LogP contribution is -2.16. The molecule has 13 heavy (non-hydrogen) atoms. The molecule has 0 radical (unpaired) electrons. The van der Waals surface area contributed by atoms with Gasteiger partial charge in [0.2, 0.25) is 0 Å². The Morgan fingerprint density at radius 1 is 1.38 bits per heavy atom. The largest absolute Gasteiger partial charge is 0.486 e. The van der Waals surface area contributed by atoms with E-state index in [1.165, 1.54) is 0 Å². The Kier molecular flexibility index (Phi) is 3.63. The van der Waals surface area contributed by atoms with Crippen LogP contribution in [0.4, 0.5) is 0 Å². The van der Waals surface area contributed by atoms with Crippen LogP contribution >= 0.6 is 24.0 Å². The lowest BCUT2D eigenvalue weighted by atomic mass is 10.3. The van der Waals surface area contributed by atoms with Gasteiger partial charge in [0, 0.05) is 12.3 Å². The third kappa shape index (κ3) is 1.98. The molecule has 3 nitrogen and oxygen atoms in total. The normalized spacial score (nSPS) is 13.3. The molecule has 0 bridgehead atoms. The van der Waals surface area contributed by atoms with Crippen LogP contribution in [0.2, 0.25) is 0 Å². The fourth-order valence-electron chi connectivity index (χ4n) is 1.13. The average Bonchev–Trinajstić information content (AvgIpc) is 2.17. The Labute approximate surface area is 87.4 Å². The molecule has 0 unspecified atom stereocenters. The molecule has 1 aliphatic rings. The third-order valence-corrected chi connectivity index (χ3v) is 1.91. The van der Waals surface area contributed by atoms with E-state index in [0.29, 0.717) is 24.8 Å². The van der Waals surface area contributed by atoms with Gasteiger partial charge in [-0.15, -0.1) is 24.0 Å². The van der Waals surface area contributed by atoms with Crippen molar-refractivity contribution in [1.82, 2.24) is 4.98 Å². The summed E-state index contributed by atoms with van der Waals surface area (Å²) in [6.07, 6.45) is 1.67. The minimum atomic E-state index is 0. The number of nitrogens with zero attached hydrogens (tertiary/aromatic N) is 1. The first-order valence-corrected chi connectivity index (χ1v) is 4.24. The maximum Gasteiger partial charge on any atom is 0.184 e. The molecule has 0 aromatic carbocycles. The molecule has 2 heterocycles. The van der Waals surface area contributed by atoms with Crippen LogP contribution in [-0.4, -0.2) is 18.2 Å². The van der Waals surface area contributed by atoms with Gasteiger partial charge in [0.15, 0.2) is 11.5 Å². The second kappa shape index (κ2) is 4.53. The number of alkyl halides is 1. The molecule has 0 saturated carbocycles. The van der Waals surface area contributed by atoms with E-state index >= 15 is 0 Å². The number of ether oxygens (including phenoxy) is 2. The van der Waals surface area contributed by atoms with Crippen LogP contribution < -0.4 is 9.47 Å². The predicted molar refractivity (Wildman–Crippen MR) is 52.0 cm³/mol. The number of aromatic nitrogens is 1. The third-order valence-electron chi connectivity index (χ3n) is 1.66. The summed E-state index contributed by atoms with van der Waals surface area (Å²) >= 11 is 5.67. The van der Waals surface area contributed by atoms with E-state index in [1.807, 2.05) is 0 Å². The summed E-state index contributed by atoms with van der Waals surface area (Å²) in [7, 11) is 0. The number of halogens is 2. The molecule has 1 aromatic rings. The van der Waals surface area contributed by atoms with Crippen LogP contribution in [0.25, 0.3) is 0 Å². The van der Waals surface area contributed by atoms with E-state index in [9.17, 15) is 0 Å². The summed E-state index contributed by atoms with van der Waals surface area (Å²) in [5.41, 5.74) is 0.744. The molecule has 0 fully saturated rings. The Morgan fingerprint density at radius 2 is 2.15 bits per heavy atom. The predicted octanol–water partition coefficient (Wildman–Crippen LogP) is 2.01. The van der Waals surface area contributed by atoms with Crippen LogP contribution in [0.15, 0.2) is 12.3 Å². The van der Waals surface area contributed by atoms with E-state index < -0.39 is 0 Å². The van der Waals surface area contributed by atoms with Gasteiger partial charge in [0.1, 0.15) is 18.9 Å². The van der Waals surface area contributed by atoms with Crippen molar-refractivity contribution in [3.05, 3.63) is 18.0 Å². The Balaban J connectivity index is 0.000000845. The van der Waals surface area contributed by atoms with Crippen LogP contribution in [-0.2, 0) is 5.88 Å². The number of hydrogen-bond acceptors (Lipinski definition) is 3. The Bertz CT molecular complexity index is 279. The number of hydrogen-bond donors (Lipinski definition) is 0. The molecule has 72 valence electrons. The van der Waals surface area contributed by atoms with Crippen molar-refractivity contribution < 1.29 is 9.47 Å². The van der Waals surface area contributed by atoms with Gasteiger partial charge in [-0.05, 0) is 0 Å². The molecule has 1 aliphatic heterocycles. The highest BCUT2D eigenvalue weighted by atomic mass is 35.5. The van der Waals surface area contributed by atoms with Gasteiger partial charge in [-0.3, -0.25) is 4.98 Å². The quantitative estimate of drug-likeness (QED) is 0.681. The van der Waals surface area contributed by atoms with Gasteiger partial charge in [-0.2, -0.15) is 0 Å². The minimum Gasteiger partial charge on any atom is -0.486 e. The lowest BCUT2D eigenvalue weighted by Gasteiger charge is -2.19. The summed E-state index contributed by atoms with van der Waals surface area (Å²) in [5.74, 6) is 1.79. The maximum absolute atomic E-state index is 5.67. The summed E-state index contributed by atoms with van der Waals surface area (Å²) in [5, 5.41) is 0. The van der Waals surface area contributed by atoms with Gasteiger partial charge >= 0.3 is 0 Å². The molecular weight excluding hydrogens is 213 g/mol. The molecule has 0 N–H and O–H groups in total. The van der Waals surface area contributed by atoms with Gasteiger partial charge < -0.3 is 9.47 Å². The molecular formula is C8H9Cl2NO2. The van der Waals surface area contributed by atoms with E-state index in [2.05, 4.69) is 4.98 Å². The Hall–Kier alpha value is -0.670. The monoisotopic (exact) mass is 221 g/mol. The first-order chi connectivity index (χ1) is 5.92. The Morgan fingerprint density at radius 3 is 2.92 bits per heavy atom. The van der Waals surface area contributed by atoms with Crippen LogP contribution in [0.5, 0.6) is 11.5 Å². The van der Waals surface area contributed by atoms with Crippen molar-refractivity contribution in [1.29, 1.82) is 0 Å². The number of fused-ring (bicyclic) bond motifs is 1. The van der Waals surface area contributed by atoms with Gasteiger partial charge in [0.25, 0.3) is 0 Å². The minimum absolute atomic E-state index is 0. The highest BCUT2D eigenvalue weighted by molar-refractivity contribution is 6.17. The van der Waals surface area contributed by atoms with Crippen molar-refractivity contribution in [3.8, 4) is 11.5 Å². The first kappa shape index (κ1) is 10.4. The van der Waals surface area contributed by atoms with Crippen molar-refractivity contribution >= 4 is 24.0 Å². The van der Waals surface area contributed by atoms with Crippen molar-refractivity contribution in [2.24, 2.45) is 0 Å². The fraction of sp³-hybridized carbons (Fsp3) is 0.375. The fourth-order valence-corrected chi connectivity index (χ4v) is 1.32. The van der Waals surface area contributed by atoms with E-state index in [1.54, 1.807) is 12.3 Å². The van der Waals surface area contributed by atoms with Crippen molar-refractivity contribution in [2.75, 3.05) is 13.2 Å². The van der Waals surface area contributed by atoms with Crippen molar-refractivity contribution in [3.63, 3.8) is 0 Å². The first-order valence-electron chi connectivity index (χ1n) is 3.71. The summed E-state index contributed by atoms with van der Waals surface area (Å²) < 4.78 is 10.7. The highest BCUT2D eigenvalue weighted by Crippen LogP contribution is 2.32. The average molecular weight is 222 g/mol. The zero-order valence-corrected chi connectivity index (χ0v) is 8.40. The standard InChI is InChI=1S/C8H8ClNO2.ClH/c9-5-6-8-7(1-2-10-6)11-3-4-12-8;/h1-2H,3-5H2;1H. The second-order valence-corrected chi connectivity index (χ2v) is 2.68. The molecule has 2 rings (SSSR count).